The van der Waals surface area contributed by atoms with Gasteiger partial charge >= 0.3 is 0 Å². The van der Waals surface area contributed by atoms with Crippen molar-refractivity contribution in [1.29, 1.82) is 0 Å². The Bertz CT molecular complexity index is 496. The molecule has 23 heavy (non-hydrogen) atoms. The Morgan fingerprint density at radius 3 is 2.52 bits per heavy atom. The van der Waals surface area contributed by atoms with Crippen molar-refractivity contribution in [3.8, 4) is 0 Å². The summed E-state index contributed by atoms with van der Waals surface area (Å²) in [7, 11) is -1.12. The summed E-state index contributed by atoms with van der Waals surface area (Å²) >= 11 is 0. The minimum atomic E-state index is -2.85. The zero-order chi connectivity index (χ0) is 16.9. The van der Waals surface area contributed by atoms with E-state index >= 15 is 0 Å². The molecule has 3 unspecified atom stereocenters. The number of rotatable bonds is 5. The first-order valence-corrected chi connectivity index (χ1v) is 10.6. The minimum Gasteiger partial charge on any atom is -0.356 e. The quantitative estimate of drug-likeness (QED) is 0.436. The van der Waals surface area contributed by atoms with Crippen molar-refractivity contribution in [2.45, 2.75) is 39.2 Å². The zero-order valence-electron chi connectivity index (χ0n) is 14.7. The number of nitrogens with zero attached hydrogens (tertiary/aromatic N) is 2. The van der Waals surface area contributed by atoms with E-state index in [0.29, 0.717) is 12.4 Å². The van der Waals surface area contributed by atoms with E-state index in [4.69, 9.17) is 0 Å². The van der Waals surface area contributed by atoms with Gasteiger partial charge in [-0.15, -0.1) is 0 Å². The number of hydrogen-bond acceptors (Lipinski definition) is 4. The first-order chi connectivity index (χ1) is 10.9. The average Bonchev–Trinajstić information content (AvgIpc) is 2.80. The Morgan fingerprint density at radius 1 is 1.26 bits per heavy atom. The van der Waals surface area contributed by atoms with E-state index in [1.165, 1.54) is 19.5 Å². The summed E-state index contributed by atoms with van der Waals surface area (Å²) in [5.41, 5.74) is 0. The molecule has 2 aliphatic rings. The van der Waals surface area contributed by atoms with Gasteiger partial charge in [0.05, 0.1) is 11.5 Å². The summed E-state index contributed by atoms with van der Waals surface area (Å²) in [5, 5.41) is 6.52. The molecule has 134 valence electrons. The molecule has 2 heterocycles. The lowest BCUT2D eigenvalue weighted by Crippen LogP contribution is -2.45. The standard InChI is InChI=1S/C16H32N4O2S/c1-13-9-14(2)11-20(10-13)7-4-6-18-16(17-3)19-15-5-8-23(21,22)12-15/h13-15H,4-12H2,1-3H3,(H2,17,18,19). The highest BCUT2D eigenvalue weighted by Crippen LogP contribution is 2.20. The molecule has 0 aliphatic carbocycles. The second-order valence-corrected chi connectivity index (χ2v) is 9.53. The fourth-order valence-corrected chi connectivity index (χ4v) is 5.45. The molecule has 3 atom stereocenters. The Kier molecular flexibility index (Phi) is 6.71. The number of aliphatic imine (C=N–C) groups is 1. The van der Waals surface area contributed by atoms with Gasteiger partial charge in [0.25, 0.3) is 0 Å². The lowest BCUT2D eigenvalue weighted by Gasteiger charge is -2.35. The van der Waals surface area contributed by atoms with Crippen LogP contribution < -0.4 is 10.6 Å². The molecule has 0 aromatic carbocycles. The number of nitrogens with one attached hydrogen (secondary N) is 2. The van der Waals surface area contributed by atoms with Crippen LogP contribution in [0.3, 0.4) is 0 Å². The highest BCUT2D eigenvalue weighted by atomic mass is 32.2. The average molecular weight is 345 g/mol. The van der Waals surface area contributed by atoms with Gasteiger partial charge in [0.15, 0.2) is 15.8 Å². The van der Waals surface area contributed by atoms with Crippen molar-refractivity contribution in [3.63, 3.8) is 0 Å². The molecule has 2 fully saturated rings. The maximum Gasteiger partial charge on any atom is 0.191 e. The fraction of sp³-hybridized carbons (Fsp3) is 0.938. The van der Waals surface area contributed by atoms with Crippen LogP contribution in [-0.2, 0) is 9.84 Å². The maximum atomic E-state index is 11.5. The Balaban J connectivity index is 1.64. The molecule has 2 N–H and O–H groups in total. The molecule has 2 aliphatic heterocycles. The third-order valence-corrected chi connectivity index (χ3v) is 6.45. The fourth-order valence-electron chi connectivity index (χ4n) is 3.78. The number of piperidine rings is 1. The Hall–Kier alpha value is -0.820. The summed E-state index contributed by atoms with van der Waals surface area (Å²) in [4.78, 5) is 6.75. The largest absolute Gasteiger partial charge is 0.356 e. The second-order valence-electron chi connectivity index (χ2n) is 7.30. The number of guanidine groups is 1. The third-order valence-electron chi connectivity index (χ3n) is 4.68. The van der Waals surface area contributed by atoms with Gasteiger partial charge in [-0.25, -0.2) is 8.42 Å². The summed E-state index contributed by atoms with van der Waals surface area (Å²) in [5.74, 6) is 2.81. The monoisotopic (exact) mass is 344 g/mol. The maximum absolute atomic E-state index is 11.5. The first kappa shape index (κ1) is 18.5. The van der Waals surface area contributed by atoms with Gasteiger partial charge < -0.3 is 15.5 Å². The SMILES string of the molecule is CN=C(NCCCN1CC(C)CC(C)C1)NC1CCS(=O)(=O)C1. The van der Waals surface area contributed by atoms with Crippen molar-refractivity contribution in [1.82, 2.24) is 15.5 Å². The molecule has 7 heteroatoms. The van der Waals surface area contributed by atoms with Gasteiger partial charge in [-0.1, -0.05) is 13.8 Å². The lowest BCUT2D eigenvalue weighted by atomic mass is 9.92. The van der Waals surface area contributed by atoms with Crippen LogP contribution in [0.25, 0.3) is 0 Å². The van der Waals surface area contributed by atoms with Crippen LogP contribution in [0.5, 0.6) is 0 Å². The van der Waals surface area contributed by atoms with Crippen LogP contribution >= 0.6 is 0 Å². The zero-order valence-corrected chi connectivity index (χ0v) is 15.5. The summed E-state index contributed by atoms with van der Waals surface area (Å²) in [6.07, 6.45) is 3.09. The van der Waals surface area contributed by atoms with E-state index in [2.05, 4.69) is 34.4 Å². The first-order valence-electron chi connectivity index (χ1n) is 8.78. The lowest BCUT2D eigenvalue weighted by molar-refractivity contribution is 0.140. The van der Waals surface area contributed by atoms with Crippen molar-refractivity contribution in [3.05, 3.63) is 0 Å². The molecule has 0 radical (unpaired) electrons. The second kappa shape index (κ2) is 8.33. The van der Waals surface area contributed by atoms with Gasteiger partial charge in [0.2, 0.25) is 0 Å². The number of sulfone groups is 1. The normalized spacial score (nSPS) is 32.0. The predicted octanol–water partition coefficient (Wildman–Crippen LogP) is 0.707. The molecular formula is C16H32N4O2S. The van der Waals surface area contributed by atoms with Crippen molar-refractivity contribution in [2.75, 3.05) is 44.7 Å². The van der Waals surface area contributed by atoms with Gasteiger partial charge in [-0.3, -0.25) is 4.99 Å². The predicted molar refractivity (Wildman–Crippen MR) is 95.6 cm³/mol. The summed E-state index contributed by atoms with van der Waals surface area (Å²) in [6.45, 7) is 9.05. The van der Waals surface area contributed by atoms with Crippen LogP contribution in [0.4, 0.5) is 0 Å². The molecule has 0 saturated carbocycles. The van der Waals surface area contributed by atoms with Gasteiger partial charge in [-0.05, 0) is 37.6 Å². The Labute approximate surface area is 141 Å². The van der Waals surface area contributed by atoms with Crippen molar-refractivity contribution < 1.29 is 8.42 Å². The molecule has 0 bridgehead atoms. The van der Waals surface area contributed by atoms with Crippen LogP contribution in [-0.4, -0.2) is 70.1 Å². The molecule has 6 nitrogen and oxygen atoms in total. The molecule has 0 aromatic rings. The summed E-state index contributed by atoms with van der Waals surface area (Å²) < 4.78 is 23.0. The molecular weight excluding hydrogens is 312 g/mol. The highest BCUT2D eigenvalue weighted by molar-refractivity contribution is 7.91. The molecule has 0 amide bonds. The molecule has 2 rings (SSSR count). The molecule has 0 aromatic heterocycles. The van der Waals surface area contributed by atoms with E-state index in [1.54, 1.807) is 7.05 Å². The van der Waals surface area contributed by atoms with Crippen LogP contribution in [0.1, 0.15) is 33.1 Å². The molecule has 2 saturated heterocycles. The van der Waals surface area contributed by atoms with Crippen LogP contribution in [0.15, 0.2) is 4.99 Å². The topological polar surface area (TPSA) is 73.8 Å². The summed E-state index contributed by atoms with van der Waals surface area (Å²) in [6, 6.07) is -0.00464. The molecule has 0 spiro atoms. The van der Waals surface area contributed by atoms with Gasteiger partial charge in [0.1, 0.15) is 0 Å². The van der Waals surface area contributed by atoms with Crippen LogP contribution in [0.2, 0.25) is 0 Å². The van der Waals surface area contributed by atoms with E-state index in [0.717, 1.165) is 31.3 Å². The number of likely N-dealkylation sites (tertiary alicyclic amines) is 1. The van der Waals surface area contributed by atoms with E-state index in [1.807, 2.05) is 0 Å². The number of hydrogen-bond donors (Lipinski definition) is 2. The van der Waals surface area contributed by atoms with E-state index in [-0.39, 0.29) is 17.5 Å². The van der Waals surface area contributed by atoms with Gasteiger partial charge in [0, 0.05) is 32.7 Å². The van der Waals surface area contributed by atoms with Crippen molar-refractivity contribution >= 4 is 15.8 Å². The minimum absolute atomic E-state index is 0.00464. The van der Waals surface area contributed by atoms with E-state index < -0.39 is 9.84 Å². The third kappa shape index (κ3) is 6.30. The van der Waals surface area contributed by atoms with Gasteiger partial charge in [-0.2, -0.15) is 0 Å². The van der Waals surface area contributed by atoms with Crippen LogP contribution in [0, 0.1) is 11.8 Å². The van der Waals surface area contributed by atoms with Crippen molar-refractivity contribution in [2.24, 2.45) is 16.8 Å². The van der Waals surface area contributed by atoms with E-state index in [9.17, 15) is 8.42 Å². The smallest absolute Gasteiger partial charge is 0.191 e. The Morgan fingerprint density at radius 2 is 1.96 bits per heavy atom. The highest BCUT2D eigenvalue weighted by Gasteiger charge is 2.28.